The Balaban J connectivity index is 1.48. The van der Waals surface area contributed by atoms with Crippen LogP contribution >= 0.6 is 11.8 Å². The summed E-state index contributed by atoms with van der Waals surface area (Å²) in [5, 5.41) is 10.00. The fourth-order valence-corrected chi connectivity index (χ4v) is 4.07. The molecule has 5 nitrogen and oxygen atoms in total. The van der Waals surface area contributed by atoms with E-state index in [0.29, 0.717) is 0 Å². The van der Waals surface area contributed by atoms with Crippen molar-refractivity contribution in [3.05, 3.63) is 95.8 Å². The fraction of sp³-hybridized carbons (Fsp3) is 0.227. The van der Waals surface area contributed by atoms with Gasteiger partial charge in [0.1, 0.15) is 5.82 Å². The number of aromatic nitrogens is 5. The lowest BCUT2D eigenvalue weighted by Crippen LogP contribution is -2.07. The Morgan fingerprint density at radius 2 is 1.64 bits per heavy atom. The standard InChI is InChI=1S/C22H23N5S/c1-3-8-18(9-4-1)14-21-25-26-22(28-16-19-10-5-2-6-11-19)27(21)13-7-12-20-15-23-17-24-20/h1-6,8-11,15,17H,7,12-14,16H2,(H,23,24). The summed E-state index contributed by atoms with van der Waals surface area (Å²) in [5.41, 5.74) is 3.71. The first-order valence-electron chi connectivity index (χ1n) is 9.48. The molecule has 2 heterocycles. The highest BCUT2D eigenvalue weighted by Gasteiger charge is 2.13. The Hall–Kier alpha value is -2.86. The summed E-state index contributed by atoms with van der Waals surface area (Å²) in [6, 6.07) is 21.0. The van der Waals surface area contributed by atoms with Crippen LogP contribution in [-0.2, 0) is 25.1 Å². The summed E-state index contributed by atoms with van der Waals surface area (Å²) in [7, 11) is 0. The van der Waals surface area contributed by atoms with Crippen LogP contribution in [0.4, 0.5) is 0 Å². The quantitative estimate of drug-likeness (QED) is 0.428. The van der Waals surface area contributed by atoms with Crippen molar-refractivity contribution in [2.75, 3.05) is 0 Å². The van der Waals surface area contributed by atoms with Crippen molar-refractivity contribution >= 4 is 11.8 Å². The molecule has 0 atom stereocenters. The van der Waals surface area contributed by atoms with Gasteiger partial charge in [0, 0.05) is 30.6 Å². The van der Waals surface area contributed by atoms with Crippen molar-refractivity contribution in [1.82, 2.24) is 24.7 Å². The van der Waals surface area contributed by atoms with Crippen LogP contribution in [0.25, 0.3) is 0 Å². The van der Waals surface area contributed by atoms with E-state index in [9.17, 15) is 0 Å². The molecule has 2 aromatic heterocycles. The van der Waals surface area contributed by atoms with Crippen LogP contribution in [-0.4, -0.2) is 24.7 Å². The second-order valence-corrected chi connectivity index (χ2v) is 7.61. The largest absolute Gasteiger partial charge is 0.348 e. The molecular formula is C22H23N5S. The summed E-state index contributed by atoms with van der Waals surface area (Å²) in [6.07, 6.45) is 6.40. The van der Waals surface area contributed by atoms with Crippen molar-refractivity contribution < 1.29 is 0 Å². The van der Waals surface area contributed by atoms with Crippen molar-refractivity contribution in [3.8, 4) is 0 Å². The van der Waals surface area contributed by atoms with Gasteiger partial charge in [0.15, 0.2) is 5.16 Å². The number of benzene rings is 2. The van der Waals surface area contributed by atoms with Crippen molar-refractivity contribution in [2.45, 2.75) is 36.7 Å². The smallest absolute Gasteiger partial charge is 0.191 e. The lowest BCUT2D eigenvalue weighted by atomic mass is 10.1. The van der Waals surface area contributed by atoms with Crippen LogP contribution in [0.3, 0.4) is 0 Å². The molecule has 0 spiro atoms. The number of aryl methyl sites for hydroxylation is 1. The van der Waals surface area contributed by atoms with E-state index in [1.165, 1.54) is 11.1 Å². The van der Waals surface area contributed by atoms with Crippen LogP contribution in [0.2, 0.25) is 0 Å². The average Bonchev–Trinajstić information content (AvgIpc) is 3.39. The Bertz CT molecular complexity index is 965. The SMILES string of the molecule is c1ccc(CSc2nnc(Cc3ccccc3)n2CCCc2cnc[nH]2)cc1. The number of H-pyrrole nitrogens is 1. The Labute approximate surface area is 169 Å². The monoisotopic (exact) mass is 389 g/mol. The lowest BCUT2D eigenvalue weighted by Gasteiger charge is -2.10. The Kier molecular flexibility index (Phi) is 6.19. The second-order valence-electron chi connectivity index (χ2n) is 6.67. The van der Waals surface area contributed by atoms with E-state index in [0.717, 1.165) is 48.2 Å². The molecule has 4 aromatic rings. The van der Waals surface area contributed by atoms with Crippen molar-refractivity contribution in [1.29, 1.82) is 0 Å². The van der Waals surface area contributed by atoms with E-state index < -0.39 is 0 Å². The summed E-state index contributed by atoms with van der Waals surface area (Å²) < 4.78 is 2.27. The van der Waals surface area contributed by atoms with E-state index >= 15 is 0 Å². The van der Waals surface area contributed by atoms with Gasteiger partial charge < -0.3 is 9.55 Å². The van der Waals surface area contributed by atoms with Gasteiger partial charge in [0.25, 0.3) is 0 Å². The maximum absolute atomic E-state index is 4.51. The summed E-state index contributed by atoms with van der Waals surface area (Å²) in [6.45, 7) is 0.894. The highest BCUT2D eigenvalue weighted by Crippen LogP contribution is 2.23. The molecule has 0 bridgehead atoms. The minimum atomic E-state index is 0.795. The normalized spacial score (nSPS) is 11.0. The van der Waals surface area contributed by atoms with Gasteiger partial charge >= 0.3 is 0 Å². The number of thioether (sulfide) groups is 1. The molecule has 0 fully saturated rings. The van der Waals surface area contributed by atoms with Gasteiger partial charge in [-0.25, -0.2) is 4.98 Å². The van der Waals surface area contributed by atoms with Crippen LogP contribution in [0.15, 0.2) is 78.3 Å². The number of nitrogens with zero attached hydrogens (tertiary/aromatic N) is 4. The van der Waals surface area contributed by atoms with E-state index in [1.807, 2.05) is 18.3 Å². The molecule has 28 heavy (non-hydrogen) atoms. The first-order chi connectivity index (χ1) is 13.9. The van der Waals surface area contributed by atoms with Crippen LogP contribution in [0.5, 0.6) is 0 Å². The second kappa shape index (κ2) is 9.37. The molecule has 0 amide bonds. The number of hydrogen-bond donors (Lipinski definition) is 1. The number of hydrogen-bond acceptors (Lipinski definition) is 4. The molecule has 0 aliphatic carbocycles. The van der Waals surface area contributed by atoms with Gasteiger partial charge in [0.05, 0.1) is 6.33 Å². The minimum Gasteiger partial charge on any atom is -0.348 e. The summed E-state index contributed by atoms with van der Waals surface area (Å²) in [5.74, 6) is 1.91. The van der Waals surface area contributed by atoms with Gasteiger partial charge in [-0.1, -0.05) is 72.4 Å². The number of aromatic amines is 1. The lowest BCUT2D eigenvalue weighted by molar-refractivity contribution is 0.572. The van der Waals surface area contributed by atoms with Gasteiger partial charge in [-0.2, -0.15) is 0 Å². The Morgan fingerprint density at radius 3 is 2.36 bits per heavy atom. The van der Waals surface area contributed by atoms with Gasteiger partial charge in [0.2, 0.25) is 0 Å². The summed E-state index contributed by atoms with van der Waals surface area (Å²) in [4.78, 5) is 7.28. The fourth-order valence-electron chi connectivity index (χ4n) is 3.13. The van der Waals surface area contributed by atoms with Crippen LogP contribution in [0.1, 0.15) is 29.1 Å². The molecule has 0 unspecified atom stereocenters. The predicted octanol–water partition coefficient (Wildman–Crippen LogP) is 4.52. The zero-order valence-electron chi connectivity index (χ0n) is 15.7. The molecule has 6 heteroatoms. The predicted molar refractivity (Wildman–Crippen MR) is 112 cm³/mol. The highest BCUT2D eigenvalue weighted by molar-refractivity contribution is 7.98. The number of imidazole rings is 1. The minimum absolute atomic E-state index is 0.795. The molecular weight excluding hydrogens is 366 g/mol. The molecule has 0 saturated carbocycles. The zero-order chi connectivity index (χ0) is 19.0. The topological polar surface area (TPSA) is 59.4 Å². The number of nitrogens with one attached hydrogen (secondary N) is 1. The van der Waals surface area contributed by atoms with E-state index in [2.05, 4.69) is 73.3 Å². The zero-order valence-corrected chi connectivity index (χ0v) is 16.5. The molecule has 0 saturated heterocycles. The molecule has 142 valence electrons. The molecule has 0 aliphatic rings. The average molecular weight is 390 g/mol. The van der Waals surface area contributed by atoms with Gasteiger partial charge in [-0.15, -0.1) is 10.2 Å². The molecule has 4 rings (SSSR count). The molecule has 0 aliphatic heterocycles. The third kappa shape index (κ3) is 4.89. The maximum atomic E-state index is 4.51. The third-order valence-corrected chi connectivity index (χ3v) is 5.63. The number of rotatable bonds is 9. The summed E-state index contributed by atoms with van der Waals surface area (Å²) >= 11 is 1.75. The maximum Gasteiger partial charge on any atom is 0.191 e. The molecule has 1 N–H and O–H groups in total. The van der Waals surface area contributed by atoms with Gasteiger partial charge in [-0.05, 0) is 24.0 Å². The third-order valence-electron chi connectivity index (χ3n) is 4.59. The van der Waals surface area contributed by atoms with Crippen LogP contribution in [0, 0.1) is 0 Å². The highest BCUT2D eigenvalue weighted by atomic mass is 32.2. The van der Waals surface area contributed by atoms with Gasteiger partial charge in [-0.3, -0.25) is 0 Å². The molecule has 2 aromatic carbocycles. The van der Waals surface area contributed by atoms with E-state index in [1.54, 1.807) is 18.1 Å². The first kappa shape index (κ1) is 18.5. The van der Waals surface area contributed by atoms with Crippen molar-refractivity contribution in [3.63, 3.8) is 0 Å². The first-order valence-corrected chi connectivity index (χ1v) is 10.5. The van der Waals surface area contributed by atoms with Crippen molar-refractivity contribution in [2.24, 2.45) is 0 Å². The van der Waals surface area contributed by atoms with Crippen LogP contribution < -0.4 is 0 Å². The Morgan fingerprint density at radius 1 is 0.893 bits per heavy atom. The molecule has 0 radical (unpaired) electrons. The van der Waals surface area contributed by atoms with E-state index in [4.69, 9.17) is 0 Å². The van der Waals surface area contributed by atoms with E-state index in [-0.39, 0.29) is 0 Å².